The molecule has 0 fully saturated rings. The SMILES string of the molecule is COCCNC(=O)c1ccc(Cn2c(Cc3ccccc3)nc3cc(C)c(C)cc32)cc1. The first-order valence-corrected chi connectivity index (χ1v) is 10.9. The Labute approximate surface area is 189 Å². The van der Waals surface area contributed by atoms with E-state index in [0.717, 1.165) is 28.8 Å². The lowest BCUT2D eigenvalue weighted by Gasteiger charge is -2.11. The van der Waals surface area contributed by atoms with Crippen molar-refractivity contribution in [2.24, 2.45) is 0 Å². The van der Waals surface area contributed by atoms with E-state index in [1.807, 2.05) is 30.3 Å². The lowest BCUT2D eigenvalue weighted by Crippen LogP contribution is -2.26. The van der Waals surface area contributed by atoms with Gasteiger partial charge in [0.25, 0.3) is 5.91 Å². The number of hydrogen-bond donors (Lipinski definition) is 1. The summed E-state index contributed by atoms with van der Waals surface area (Å²) in [6.45, 7) is 5.97. The molecular formula is C27H29N3O2. The normalized spacial score (nSPS) is 11.1. The van der Waals surface area contributed by atoms with Gasteiger partial charge in [-0.05, 0) is 60.4 Å². The highest BCUT2D eigenvalue weighted by molar-refractivity contribution is 5.94. The van der Waals surface area contributed by atoms with Gasteiger partial charge in [0, 0.05) is 32.2 Å². The Kier molecular flexibility index (Phi) is 6.66. The lowest BCUT2D eigenvalue weighted by molar-refractivity contribution is 0.0937. The molecule has 3 aromatic carbocycles. The van der Waals surface area contributed by atoms with E-state index >= 15 is 0 Å². The molecule has 1 aromatic heterocycles. The largest absolute Gasteiger partial charge is 0.383 e. The van der Waals surface area contributed by atoms with E-state index < -0.39 is 0 Å². The van der Waals surface area contributed by atoms with Crippen molar-refractivity contribution in [1.29, 1.82) is 0 Å². The fourth-order valence-electron chi connectivity index (χ4n) is 3.83. The predicted molar refractivity (Wildman–Crippen MR) is 128 cm³/mol. The molecule has 4 aromatic rings. The number of benzene rings is 3. The van der Waals surface area contributed by atoms with Crippen LogP contribution in [0.1, 0.15) is 38.4 Å². The molecule has 4 rings (SSSR count). The van der Waals surface area contributed by atoms with E-state index in [4.69, 9.17) is 9.72 Å². The van der Waals surface area contributed by atoms with E-state index in [2.05, 4.69) is 60.1 Å². The molecule has 32 heavy (non-hydrogen) atoms. The van der Waals surface area contributed by atoms with Gasteiger partial charge in [-0.25, -0.2) is 4.98 Å². The second kappa shape index (κ2) is 9.79. The number of methoxy groups -OCH3 is 1. The number of nitrogens with one attached hydrogen (secondary N) is 1. The Bertz CT molecular complexity index is 1210. The zero-order valence-corrected chi connectivity index (χ0v) is 18.9. The van der Waals surface area contributed by atoms with Crippen LogP contribution in [0.15, 0.2) is 66.7 Å². The Morgan fingerprint density at radius 2 is 1.69 bits per heavy atom. The van der Waals surface area contributed by atoms with Gasteiger partial charge in [-0.15, -0.1) is 0 Å². The van der Waals surface area contributed by atoms with Crippen molar-refractivity contribution in [3.05, 3.63) is 100 Å². The third kappa shape index (κ3) is 4.89. The number of ether oxygens (including phenoxy) is 1. The van der Waals surface area contributed by atoms with Crippen LogP contribution in [-0.4, -0.2) is 35.7 Å². The summed E-state index contributed by atoms with van der Waals surface area (Å²) < 4.78 is 7.28. The molecule has 1 N–H and O–H groups in total. The van der Waals surface area contributed by atoms with Crippen molar-refractivity contribution < 1.29 is 9.53 Å². The van der Waals surface area contributed by atoms with Crippen molar-refractivity contribution in [1.82, 2.24) is 14.9 Å². The standard InChI is InChI=1S/C27H29N3O2/c1-19-15-24-25(16-20(19)2)30(26(29-24)17-21-7-5-4-6-8-21)18-22-9-11-23(12-10-22)27(31)28-13-14-32-3/h4-12,15-16H,13-14,17-18H2,1-3H3,(H,28,31). The maximum absolute atomic E-state index is 12.3. The highest BCUT2D eigenvalue weighted by Gasteiger charge is 2.14. The second-order valence-electron chi connectivity index (χ2n) is 8.15. The van der Waals surface area contributed by atoms with E-state index in [-0.39, 0.29) is 5.91 Å². The quantitative estimate of drug-likeness (QED) is 0.416. The summed E-state index contributed by atoms with van der Waals surface area (Å²) in [4.78, 5) is 17.2. The Morgan fingerprint density at radius 1 is 0.969 bits per heavy atom. The van der Waals surface area contributed by atoms with Gasteiger partial charge in [-0.2, -0.15) is 0 Å². The van der Waals surface area contributed by atoms with E-state index in [1.165, 1.54) is 16.7 Å². The summed E-state index contributed by atoms with van der Waals surface area (Å²) in [6, 6.07) is 22.6. The first-order valence-electron chi connectivity index (χ1n) is 10.9. The summed E-state index contributed by atoms with van der Waals surface area (Å²) in [5, 5.41) is 2.86. The zero-order valence-electron chi connectivity index (χ0n) is 18.9. The summed E-state index contributed by atoms with van der Waals surface area (Å²) in [5.41, 5.74) is 7.68. The molecule has 0 unspecified atom stereocenters. The lowest BCUT2D eigenvalue weighted by atomic mass is 10.1. The van der Waals surface area contributed by atoms with Crippen LogP contribution >= 0.6 is 0 Å². The summed E-state index contributed by atoms with van der Waals surface area (Å²) in [6.07, 6.45) is 0.771. The molecule has 0 aliphatic rings. The molecule has 0 saturated heterocycles. The predicted octanol–water partition coefficient (Wildman–Crippen LogP) is 4.67. The van der Waals surface area contributed by atoms with Crippen molar-refractivity contribution in [3.8, 4) is 0 Å². The third-order valence-corrected chi connectivity index (χ3v) is 5.80. The number of aromatic nitrogens is 2. The molecule has 1 heterocycles. The number of hydrogen-bond acceptors (Lipinski definition) is 3. The Hall–Kier alpha value is -3.44. The van der Waals surface area contributed by atoms with Crippen LogP contribution in [0.25, 0.3) is 11.0 Å². The fraction of sp³-hybridized carbons (Fsp3) is 0.259. The molecule has 164 valence electrons. The van der Waals surface area contributed by atoms with Gasteiger partial charge in [-0.1, -0.05) is 42.5 Å². The number of imidazole rings is 1. The van der Waals surface area contributed by atoms with Crippen LogP contribution < -0.4 is 5.32 Å². The van der Waals surface area contributed by atoms with Crippen LogP contribution in [0.4, 0.5) is 0 Å². The van der Waals surface area contributed by atoms with Crippen molar-refractivity contribution in [2.45, 2.75) is 26.8 Å². The van der Waals surface area contributed by atoms with Crippen LogP contribution in [0.3, 0.4) is 0 Å². The van der Waals surface area contributed by atoms with Crippen molar-refractivity contribution in [2.75, 3.05) is 20.3 Å². The number of carbonyl (C=O) groups is 1. The molecule has 5 nitrogen and oxygen atoms in total. The van der Waals surface area contributed by atoms with Gasteiger partial charge >= 0.3 is 0 Å². The molecule has 0 saturated carbocycles. The topological polar surface area (TPSA) is 56.1 Å². The molecular weight excluding hydrogens is 398 g/mol. The first kappa shape index (κ1) is 21.8. The van der Waals surface area contributed by atoms with Crippen LogP contribution in [0.2, 0.25) is 0 Å². The summed E-state index contributed by atoms with van der Waals surface area (Å²) in [5.74, 6) is 0.954. The monoisotopic (exact) mass is 427 g/mol. The van der Waals surface area contributed by atoms with Crippen LogP contribution in [0.5, 0.6) is 0 Å². The van der Waals surface area contributed by atoms with E-state index in [1.54, 1.807) is 7.11 Å². The minimum absolute atomic E-state index is 0.0856. The Morgan fingerprint density at radius 3 is 2.41 bits per heavy atom. The number of rotatable bonds is 8. The molecule has 1 amide bonds. The van der Waals surface area contributed by atoms with E-state index in [9.17, 15) is 4.79 Å². The first-order chi connectivity index (χ1) is 15.5. The van der Waals surface area contributed by atoms with Crippen molar-refractivity contribution in [3.63, 3.8) is 0 Å². The molecule has 0 radical (unpaired) electrons. The average molecular weight is 428 g/mol. The van der Waals surface area contributed by atoms with Gasteiger partial charge in [-0.3, -0.25) is 4.79 Å². The second-order valence-corrected chi connectivity index (χ2v) is 8.15. The van der Waals surface area contributed by atoms with E-state index in [0.29, 0.717) is 25.3 Å². The van der Waals surface area contributed by atoms with Gasteiger partial charge < -0.3 is 14.6 Å². The van der Waals surface area contributed by atoms with Gasteiger partial charge in [0.1, 0.15) is 5.82 Å². The maximum atomic E-state index is 12.3. The molecule has 0 spiro atoms. The number of amides is 1. The van der Waals surface area contributed by atoms with Gasteiger partial charge in [0.05, 0.1) is 17.6 Å². The number of carbonyl (C=O) groups excluding carboxylic acids is 1. The molecule has 0 aliphatic heterocycles. The van der Waals surface area contributed by atoms with Crippen LogP contribution in [-0.2, 0) is 17.7 Å². The zero-order chi connectivity index (χ0) is 22.5. The summed E-state index contributed by atoms with van der Waals surface area (Å²) >= 11 is 0. The van der Waals surface area contributed by atoms with Gasteiger partial charge in [0.2, 0.25) is 0 Å². The highest BCUT2D eigenvalue weighted by atomic mass is 16.5. The van der Waals surface area contributed by atoms with Gasteiger partial charge in [0.15, 0.2) is 0 Å². The molecule has 5 heteroatoms. The number of fused-ring (bicyclic) bond motifs is 1. The average Bonchev–Trinajstić information content (AvgIpc) is 3.11. The van der Waals surface area contributed by atoms with Crippen LogP contribution in [0, 0.1) is 13.8 Å². The minimum Gasteiger partial charge on any atom is -0.383 e. The molecule has 0 atom stereocenters. The molecule has 0 bridgehead atoms. The summed E-state index contributed by atoms with van der Waals surface area (Å²) in [7, 11) is 1.62. The fourth-order valence-corrected chi connectivity index (χ4v) is 3.83. The number of nitrogens with zero attached hydrogens (tertiary/aromatic N) is 2. The number of aryl methyl sites for hydroxylation is 2. The maximum Gasteiger partial charge on any atom is 0.251 e. The minimum atomic E-state index is -0.0856. The highest BCUT2D eigenvalue weighted by Crippen LogP contribution is 2.24. The smallest absolute Gasteiger partial charge is 0.251 e. The molecule has 0 aliphatic carbocycles. The Balaban J connectivity index is 1.63. The third-order valence-electron chi connectivity index (χ3n) is 5.80. The van der Waals surface area contributed by atoms with Crippen molar-refractivity contribution >= 4 is 16.9 Å².